The van der Waals surface area contributed by atoms with Crippen molar-refractivity contribution < 1.29 is 0 Å². The van der Waals surface area contributed by atoms with Crippen molar-refractivity contribution >= 4 is 22.4 Å². The zero-order valence-electron chi connectivity index (χ0n) is 12.5. The van der Waals surface area contributed by atoms with Crippen LogP contribution in [0, 0.1) is 6.07 Å². The number of rotatable bonds is 2. The molecule has 0 aliphatic heterocycles. The van der Waals surface area contributed by atoms with Crippen LogP contribution in [0.2, 0.25) is 5.02 Å². The van der Waals surface area contributed by atoms with E-state index in [1.165, 1.54) is 10.9 Å². The van der Waals surface area contributed by atoms with Gasteiger partial charge in [-0.25, -0.2) is 0 Å². The van der Waals surface area contributed by atoms with Crippen molar-refractivity contribution in [3.63, 3.8) is 0 Å². The van der Waals surface area contributed by atoms with Crippen molar-refractivity contribution in [1.82, 2.24) is 0 Å². The molecule has 0 heterocycles. The fourth-order valence-corrected chi connectivity index (χ4v) is 3.12. The first kappa shape index (κ1) is 14.0. The highest BCUT2D eigenvalue weighted by molar-refractivity contribution is 6.33. The van der Waals surface area contributed by atoms with Crippen LogP contribution in [0.1, 0.15) is 0 Å². The molecule has 109 valence electrons. The predicted octanol–water partition coefficient (Wildman–Crippen LogP) is 6.63. The second kappa shape index (κ2) is 5.91. The molecule has 0 amide bonds. The van der Waals surface area contributed by atoms with E-state index in [1.807, 2.05) is 30.3 Å². The minimum Gasteiger partial charge on any atom is -0.0837 e. The molecular weight excluding hydrogens is 300 g/mol. The van der Waals surface area contributed by atoms with E-state index in [-0.39, 0.29) is 0 Å². The van der Waals surface area contributed by atoms with Crippen LogP contribution in [0.25, 0.3) is 33.0 Å². The van der Waals surface area contributed by atoms with Crippen LogP contribution in [-0.4, -0.2) is 0 Å². The second-order valence-electron chi connectivity index (χ2n) is 5.49. The van der Waals surface area contributed by atoms with Gasteiger partial charge in [0.15, 0.2) is 0 Å². The van der Waals surface area contributed by atoms with Gasteiger partial charge in [0.25, 0.3) is 0 Å². The van der Waals surface area contributed by atoms with E-state index >= 15 is 0 Å². The van der Waals surface area contributed by atoms with Crippen LogP contribution in [0.4, 0.5) is 0 Å². The summed E-state index contributed by atoms with van der Waals surface area (Å²) in [5.74, 6) is 0. The van der Waals surface area contributed by atoms with E-state index in [1.54, 1.807) is 0 Å². The zero-order valence-corrected chi connectivity index (χ0v) is 13.2. The van der Waals surface area contributed by atoms with Crippen LogP contribution in [-0.2, 0) is 0 Å². The summed E-state index contributed by atoms with van der Waals surface area (Å²) in [6.07, 6.45) is 0. The van der Waals surface area contributed by atoms with Gasteiger partial charge < -0.3 is 0 Å². The van der Waals surface area contributed by atoms with Gasteiger partial charge in [-0.2, -0.15) is 0 Å². The summed E-state index contributed by atoms with van der Waals surface area (Å²) >= 11 is 6.45. The molecule has 4 rings (SSSR count). The molecule has 0 N–H and O–H groups in total. The maximum atomic E-state index is 6.45. The minimum atomic E-state index is 0.746. The van der Waals surface area contributed by atoms with Gasteiger partial charge >= 0.3 is 0 Å². The summed E-state index contributed by atoms with van der Waals surface area (Å²) in [7, 11) is 0. The third-order valence-corrected chi connectivity index (χ3v) is 4.35. The molecule has 0 saturated heterocycles. The van der Waals surface area contributed by atoms with Gasteiger partial charge in [-0.05, 0) is 45.7 Å². The average molecular weight is 314 g/mol. The van der Waals surface area contributed by atoms with Gasteiger partial charge in [-0.3, -0.25) is 0 Å². The van der Waals surface area contributed by atoms with Crippen molar-refractivity contribution in [2.45, 2.75) is 0 Å². The third-order valence-electron chi connectivity index (χ3n) is 4.02. The van der Waals surface area contributed by atoms with Crippen LogP contribution in [0.5, 0.6) is 0 Å². The molecule has 0 fully saturated rings. The first-order chi connectivity index (χ1) is 11.3. The van der Waals surface area contributed by atoms with E-state index < -0.39 is 0 Å². The molecule has 0 saturated carbocycles. The van der Waals surface area contributed by atoms with Crippen molar-refractivity contribution in [3.8, 4) is 22.3 Å². The quantitative estimate of drug-likeness (QED) is 0.390. The minimum absolute atomic E-state index is 0.746. The Kier molecular flexibility index (Phi) is 3.61. The van der Waals surface area contributed by atoms with E-state index in [2.05, 4.69) is 60.7 Å². The number of benzene rings is 4. The highest BCUT2D eigenvalue weighted by Gasteiger charge is 2.12. The Balaban J connectivity index is 2.07. The van der Waals surface area contributed by atoms with Crippen LogP contribution in [0.3, 0.4) is 0 Å². The third kappa shape index (κ3) is 2.62. The molecule has 0 unspecified atom stereocenters. The molecule has 4 aromatic carbocycles. The van der Waals surface area contributed by atoms with Crippen molar-refractivity contribution in [3.05, 3.63) is 96.0 Å². The Hall–Kier alpha value is -2.57. The normalized spacial score (nSPS) is 10.8. The summed E-state index contributed by atoms with van der Waals surface area (Å²) < 4.78 is 0. The number of fused-ring (bicyclic) bond motifs is 1. The largest absolute Gasteiger partial charge is 0.0837 e. The fourth-order valence-electron chi connectivity index (χ4n) is 2.89. The predicted molar refractivity (Wildman–Crippen MR) is 98.7 cm³/mol. The van der Waals surface area contributed by atoms with Gasteiger partial charge in [-0.1, -0.05) is 84.4 Å². The lowest BCUT2D eigenvalue weighted by molar-refractivity contribution is 1.60. The molecule has 0 aliphatic rings. The zero-order chi connectivity index (χ0) is 15.6. The maximum absolute atomic E-state index is 6.45. The van der Waals surface area contributed by atoms with Gasteiger partial charge in [0.1, 0.15) is 0 Å². The molecule has 23 heavy (non-hydrogen) atoms. The lowest BCUT2D eigenvalue weighted by Crippen LogP contribution is -1.88. The van der Waals surface area contributed by atoms with E-state index in [9.17, 15) is 0 Å². The Morgan fingerprint density at radius 1 is 0.652 bits per heavy atom. The fraction of sp³-hybridized carbons (Fsp3) is 0. The first-order valence-corrected chi connectivity index (χ1v) is 7.96. The molecule has 1 radical (unpaired) electrons. The Morgan fingerprint density at radius 3 is 2.17 bits per heavy atom. The molecule has 0 atom stereocenters. The Bertz CT molecular complexity index is 971. The summed E-state index contributed by atoms with van der Waals surface area (Å²) in [5.41, 5.74) is 4.38. The average Bonchev–Trinajstić information content (AvgIpc) is 2.62. The first-order valence-electron chi connectivity index (χ1n) is 7.58. The van der Waals surface area contributed by atoms with Gasteiger partial charge in [-0.15, -0.1) is 0 Å². The van der Waals surface area contributed by atoms with Crippen molar-refractivity contribution in [2.24, 2.45) is 0 Å². The Morgan fingerprint density at radius 2 is 1.35 bits per heavy atom. The second-order valence-corrected chi connectivity index (χ2v) is 5.90. The maximum Gasteiger partial charge on any atom is 0.0484 e. The number of hydrogen-bond donors (Lipinski definition) is 0. The van der Waals surface area contributed by atoms with Crippen LogP contribution in [0.15, 0.2) is 84.9 Å². The molecule has 0 nitrogen and oxygen atoms in total. The molecular formula is C22H14Cl. The van der Waals surface area contributed by atoms with Crippen molar-refractivity contribution in [2.75, 3.05) is 0 Å². The summed E-state index contributed by atoms with van der Waals surface area (Å²) in [6.45, 7) is 0. The monoisotopic (exact) mass is 313 g/mol. The lowest BCUT2D eigenvalue weighted by Gasteiger charge is -2.13. The SMILES string of the molecule is Clc1ccccc1-c1[c]c2ccccc2cc1-c1ccccc1. The topological polar surface area (TPSA) is 0 Å². The molecule has 0 bridgehead atoms. The highest BCUT2D eigenvalue weighted by atomic mass is 35.5. The van der Waals surface area contributed by atoms with Crippen LogP contribution >= 0.6 is 11.6 Å². The van der Waals surface area contributed by atoms with E-state index in [0.29, 0.717) is 0 Å². The van der Waals surface area contributed by atoms with Gasteiger partial charge in [0.05, 0.1) is 0 Å². The lowest BCUT2D eigenvalue weighted by atomic mass is 9.91. The number of hydrogen-bond acceptors (Lipinski definition) is 0. The van der Waals surface area contributed by atoms with Crippen LogP contribution < -0.4 is 0 Å². The molecule has 0 aliphatic carbocycles. The van der Waals surface area contributed by atoms with E-state index in [4.69, 9.17) is 11.6 Å². The summed E-state index contributed by atoms with van der Waals surface area (Å²) in [4.78, 5) is 0. The van der Waals surface area contributed by atoms with E-state index in [0.717, 1.165) is 27.1 Å². The Labute approximate surface area is 141 Å². The molecule has 0 spiro atoms. The standard InChI is InChI=1S/C22H14Cl/c23-22-13-7-6-12-19(22)21-15-18-11-5-4-10-17(18)14-20(21)16-8-2-1-3-9-16/h1-14H. The van der Waals surface area contributed by atoms with Gasteiger partial charge in [0, 0.05) is 10.6 Å². The molecule has 0 aromatic heterocycles. The highest BCUT2D eigenvalue weighted by Crippen LogP contribution is 2.38. The van der Waals surface area contributed by atoms with Crippen molar-refractivity contribution in [1.29, 1.82) is 0 Å². The molecule has 4 aromatic rings. The summed E-state index contributed by atoms with van der Waals surface area (Å²) in [5, 5.41) is 3.03. The smallest absolute Gasteiger partial charge is 0.0484 e. The number of halogens is 1. The molecule has 1 heteroatoms. The summed E-state index contributed by atoms with van der Waals surface area (Å²) in [6, 6.07) is 32.4. The van der Waals surface area contributed by atoms with Gasteiger partial charge in [0.2, 0.25) is 0 Å².